The number of hydrogen-bond donors (Lipinski definition) is 2. The fourth-order valence-electron chi connectivity index (χ4n) is 1.61. The Balaban J connectivity index is 2.79. The van der Waals surface area contributed by atoms with E-state index in [1.165, 1.54) is 4.68 Å². The predicted molar refractivity (Wildman–Crippen MR) is 65.5 cm³/mol. The van der Waals surface area contributed by atoms with Gasteiger partial charge in [-0.2, -0.15) is 5.10 Å². The molecule has 0 aliphatic rings. The number of nitrogen functional groups attached to an aromatic ring is 1. The Morgan fingerprint density at radius 1 is 1.59 bits per heavy atom. The van der Waals surface area contributed by atoms with Crippen LogP contribution in [0.1, 0.15) is 30.3 Å². The van der Waals surface area contributed by atoms with E-state index in [0.717, 1.165) is 12.8 Å². The first-order valence-corrected chi connectivity index (χ1v) is 5.79. The van der Waals surface area contributed by atoms with E-state index < -0.39 is 0 Å². The van der Waals surface area contributed by atoms with Gasteiger partial charge in [-0.15, -0.1) is 0 Å². The maximum Gasteiger partial charge on any atom is 0.276 e. The van der Waals surface area contributed by atoms with Crippen molar-refractivity contribution in [2.75, 3.05) is 25.4 Å². The molecule has 6 heteroatoms. The minimum atomic E-state index is -0.217. The lowest BCUT2D eigenvalue weighted by Crippen LogP contribution is -2.35. The second kappa shape index (κ2) is 6.24. The number of rotatable bonds is 6. The van der Waals surface area contributed by atoms with Crippen LogP contribution in [0.4, 0.5) is 5.69 Å². The lowest BCUT2D eigenvalue weighted by atomic mass is 10.2. The average molecular weight is 240 g/mol. The van der Waals surface area contributed by atoms with E-state index in [-0.39, 0.29) is 18.2 Å². The van der Waals surface area contributed by atoms with Gasteiger partial charge in [0.2, 0.25) is 0 Å². The molecule has 0 atom stereocenters. The SMILES string of the molecule is CCCCN(CCO)C(=O)c1nn(C)cc1N. The van der Waals surface area contributed by atoms with Crippen LogP contribution in [-0.2, 0) is 7.05 Å². The van der Waals surface area contributed by atoms with Gasteiger partial charge in [0.1, 0.15) is 0 Å². The molecule has 0 fully saturated rings. The highest BCUT2D eigenvalue weighted by Gasteiger charge is 2.20. The zero-order chi connectivity index (χ0) is 12.8. The number of aliphatic hydroxyl groups excluding tert-OH is 1. The van der Waals surface area contributed by atoms with Crippen LogP contribution in [-0.4, -0.2) is 45.4 Å². The second-order valence-corrected chi connectivity index (χ2v) is 3.98. The molecule has 0 aliphatic carbocycles. The molecular formula is C11H20N4O2. The summed E-state index contributed by atoms with van der Waals surface area (Å²) in [5.74, 6) is -0.217. The molecule has 1 aromatic rings. The Morgan fingerprint density at radius 2 is 2.29 bits per heavy atom. The van der Waals surface area contributed by atoms with Crippen molar-refractivity contribution in [3.05, 3.63) is 11.9 Å². The molecule has 0 radical (unpaired) electrons. The van der Waals surface area contributed by atoms with Crippen LogP contribution in [0.3, 0.4) is 0 Å². The van der Waals surface area contributed by atoms with E-state index in [1.54, 1.807) is 18.1 Å². The summed E-state index contributed by atoms with van der Waals surface area (Å²) in [6.07, 6.45) is 3.50. The zero-order valence-electron chi connectivity index (χ0n) is 10.4. The maximum absolute atomic E-state index is 12.1. The number of anilines is 1. The van der Waals surface area contributed by atoms with Crippen LogP contribution in [0.15, 0.2) is 6.20 Å². The zero-order valence-corrected chi connectivity index (χ0v) is 10.4. The van der Waals surface area contributed by atoms with E-state index in [1.807, 2.05) is 0 Å². The highest BCUT2D eigenvalue weighted by Crippen LogP contribution is 2.11. The van der Waals surface area contributed by atoms with Gasteiger partial charge in [-0.1, -0.05) is 13.3 Å². The molecule has 96 valence electrons. The van der Waals surface area contributed by atoms with Crippen molar-refractivity contribution < 1.29 is 9.90 Å². The van der Waals surface area contributed by atoms with E-state index >= 15 is 0 Å². The fraction of sp³-hybridized carbons (Fsp3) is 0.636. The predicted octanol–water partition coefficient (Wildman–Crippen LogP) is 0.237. The topological polar surface area (TPSA) is 84.4 Å². The van der Waals surface area contributed by atoms with Crippen LogP contribution in [0.2, 0.25) is 0 Å². The van der Waals surface area contributed by atoms with Crippen LogP contribution < -0.4 is 5.73 Å². The van der Waals surface area contributed by atoms with Gasteiger partial charge in [0.05, 0.1) is 12.3 Å². The lowest BCUT2D eigenvalue weighted by molar-refractivity contribution is 0.0713. The van der Waals surface area contributed by atoms with Crippen molar-refractivity contribution in [3.8, 4) is 0 Å². The molecule has 1 rings (SSSR count). The average Bonchev–Trinajstić information content (AvgIpc) is 2.63. The molecule has 0 aliphatic heterocycles. The van der Waals surface area contributed by atoms with Crippen LogP contribution in [0.5, 0.6) is 0 Å². The highest BCUT2D eigenvalue weighted by atomic mass is 16.3. The molecule has 1 aromatic heterocycles. The third-order valence-corrected chi connectivity index (χ3v) is 2.50. The molecule has 3 N–H and O–H groups in total. The van der Waals surface area contributed by atoms with Crippen molar-refractivity contribution in [1.82, 2.24) is 14.7 Å². The number of unbranched alkanes of at least 4 members (excludes halogenated alkanes) is 1. The van der Waals surface area contributed by atoms with Gasteiger partial charge in [0.25, 0.3) is 5.91 Å². The number of carbonyl (C=O) groups excluding carboxylic acids is 1. The summed E-state index contributed by atoms with van der Waals surface area (Å²) in [6.45, 7) is 2.93. The van der Waals surface area contributed by atoms with Gasteiger partial charge in [0.15, 0.2) is 5.69 Å². The minimum Gasteiger partial charge on any atom is -0.396 e. The third kappa shape index (κ3) is 3.45. The van der Waals surface area contributed by atoms with E-state index in [2.05, 4.69) is 12.0 Å². The quantitative estimate of drug-likeness (QED) is 0.746. The monoisotopic (exact) mass is 240 g/mol. The Labute approximate surface area is 101 Å². The third-order valence-electron chi connectivity index (χ3n) is 2.50. The normalized spacial score (nSPS) is 10.5. The van der Waals surface area contributed by atoms with E-state index in [9.17, 15) is 4.79 Å². The van der Waals surface area contributed by atoms with Crippen molar-refractivity contribution in [2.45, 2.75) is 19.8 Å². The minimum absolute atomic E-state index is 0.0534. The Bertz CT molecular complexity index is 376. The smallest absolute Gasteiger partial charge is 0.276 e. The molecule has 1 heterocycles. The number of nitrogens with two attached hydrogens (primary N) is 1. The van der Waals surface area contributed by atoms with Gasteiger partial charge in [-0.25, -0.2) is 0 Å². The first-order chi connectivity index (χ1) is 8.10. The van der Waals surface area contributed by atoms with Gasteiger partial charge in [-0.3, -0.25) is 9.48 Å². The summed E-state index contributed by atoms with van der Waals surface area (Å²) >= 11 is 0. The molecule has 0 unspecified atom stereocenters. The van der Waals surface area contributed by atoms with Gasteiger partial charge in [-0.05, 0) is 6.42 Å². The van der Waals surface area contributed by atoms with Gasteiger partial charge in [0, 0.05) is 26.3 Å². The summed E-state index contributed by atoms with van der Waals surface area (Å²) < 4.78 is 1.51. The number of nitrogens with zero attached hydrogens (tertiary/aromatic N) is 3. The number of hydrogen-bond acceptors (Lipinski definition) is 4. The Kier molecular flexibility index (Phi) is 4.96. The number of amides is 1. The van der Waals surface area contributed by atoms with Gasteiger partial charge >= 0.3 is 0 Å². The highest BCUT2D eigenvalue weighted by molar-refractivity contribution is 5.97. The van der Waals surface area contributed by atoms with Crippen molar-refractivity contribution in [2.24, 2.45) is 7.05 Å². The molecule has 0 aromatic carbocycles. The van der Waals surface area contributed by atoms with E-state index in [4.69, 9.17) is 10.8 Å². The summed E-state index contributed by atoms with van der Waals surface area (Å²) in [4.78, 5) is 13.7. The Morgan fingerprint density at radius 3 is 2.76 bits per heavy atom. The first-order valence-electron chi connectivity index (χ1n) is 5.79. The molecule has 0 bridgehead atoms. The largest absolute Gasteiger partial charge is 0.396 e. The van der Waals surface area contributed by atoms with Crippen molar-refractivity contribution in [3.63, 3.8) is 0 Å². The summed E-state index contributed by atoms with van der Waals surface area (Å²) in [7, 11) is 1.72. The molecule has 0 spiro atoms. The van der Waals surface area contributed by atoms with Crippen LogP contribution in [0.25, 0.3) is 0 Å². The summed E-state index contributed by atoms with van der Waals surface area (Å²) in [5, 5.41) is 13.0. The van der Waals surface area contributed by atoms with Crippen molar-refractivity contribution >= 4 is 11.6 Å². The van der Waals surface area contributed by atoms with Crippen LogP contribution in [0, 0.1) is 0 Å². The van der Waals surface area contributed by atoms with Gasteiger partial charge < -0.3 is 15.7 Å². The number of aryl methyl sites for hydroxylation is 1. The number of carbonyl (C=O) groups is 1. The summed E-state index contributed by atoms with van der Waals surface area (Å²) in [6, 6.07) is 0. The number of aromatic nitrogens is 2. The molecule has 0 saturated heterocycles. The summed E-state index contributed by atoms with van der Waals surface area (Å²) in [5.41, 5.74) is 6.34. The maximum atomic E-state index is 12.1. The number of aliphatic hydroxyl groups is 1. The molecule has 17 heavy (non-hydrogen) atoms. The Hall–Kier alpha value is -1.56. The molecule has 1 amide bonds. The second-order valence-electron chi connectivity index (χ2n) is 3.98. The fourth-order valence-corrected chi connectivity index (χ4v) is 1.61. The first kappa shape index (κ1) is 13.5. The lowest BCUT2D eigenvalue weighted by Gasteiger charge is -2.20. The molecular weight excluding hydrogens is 220 g/mol. The molecule has 0 saturated carbocycles. The van der Waals surface area contributed by atoms with E-state index in [0.29, 0.717) is 18.8 Å². The standard InChI is InChI=1S/C11H20N4O2/c1-3-4-5-15(6-7-16)11(17)10-9(12)8-14(2)13-10/h8,16H,3-7,12H2,1-2H3. The molecule has 6 nitrogen and oxygen atoms in total. The van der Waals surface area contributed by atoms with Crippen LogP contribution >= 0.6 is 0 Å². The van der Waals surface area contributed by atoms with Crippen molar-refractivity contribution in [1.29, 1.82) is 0 Å².